The van der Waals surface area contributed by atoms with Crippen molar-refractivity contribution < 1.29 is 14.6 Å². The van der Waals surface area contributed by atoms with Crippen molar-refractivity contribution in [3.05, 3.63) is 35.9 Å². The summed E-state index contributed by atoms with van der Waals surface area (Å²) >= 11 is 0. The Kier molecular flexibility index (Phi) is 4.78. The summed E-state index contributed by atoms with van der Waals surface area (Å²) in [7, 11) is 0. The van der Waals surface area contributed by atoms with Crippen LogP contribution >= 0.6 is 0 Å². The van der Waals surface area contributed by atoms with Gasteiger partial charge in [0.2, 0.25) is 0 Å². The van der Waals surface area contributed by atoms with Crippen molar-refractivity contribution >= 4 is 5.97 Å². The van der Waals surface area contributed by atoms with Crippen LogP contribution in [0.5, 0.6) is 0 Å². The summed E-state index contributed by atoms with van der Waals surface area (Å²) in [6.07, 6.45) is 1.04. The van der Waals surface area contributed by atoms with E-state index in [9.17, 15) is 9.90 Å². The zero-order valence-electron chi connectivity index (χ0n) is 12.1. The molecule has 0 amide bonds. The third kappa shape index (κ3) is 3.38. The van der Waals surface area contributed by atoms with E-state index >= 15 is 0 Å². The molecule has 0 saturated carbocycles. The fourth-order valence-electron chi connectivity index (χ4n) is 2.61. The van der Waals surface area contributed by atoms with E-state index in [-0.39, 0.29) is 6.10 Å². The second-order valence-corrected chi connectivity index (χ2v) is 5.83. The van der Waals surface area contributed by atoms with Crippen LogP contribution in [-0.2, 0) is 16.1 Å². The summed E-state index contributed by atoms with van der Waals surface area (Å²) < 4.78 is 5.69. The fraction of sp³-hybridized carbons (Fsp3) is 0.562. The molecular weight excluding hydrogens is 254 g/mol. The van der Waals surface area contributed by atoms with Crippen LogP contribution in [0.4, 0.5) is 0 Å². The van der Waals surface area contributed by atoms with Crippen molar-refractivity contribution in [2.24, 2.45) is 5.92 Å². The van der Waals surface area contributed by atoms with Gasteiger partial charge in [0.15, 0.2) is 0 Å². The van der Waals surface area contributed by atoms with E-state index in [1.807, 2.05) is 30.3 Å². The van der Waals surface area contributed by atoms with Gasteiger partial charge in [0.05, 0.1) is 6.10 Å². The Balaban J connectivity index is 2.07. The molecule has 0 bridgehead atoms. The van der Waals surface area contributed by atoms with Crippen LogP contribution in [-0.4, -0.2) is 29.3 Å². The van der Waals surface area contributed by atoms with Crippen LogP contribution in [0.3, 0.4) is 0 Å². The van der Waals surface area contributed by atoms with E-state index in [0.29, 0.717) is 31.9 Å². The molecule has 2 rings (SSSR count). The highest BCUT2D eigenvalue weighted by Gasteiger charge is 2.43. The van der Waals surface area contributed by atoms with Crippen molar-refractivity contribution in [2.75, 3.05) is 6.61 Å². The maximum absolute atomic E-state index is 11.7. The highest BCUT2D eigenvalue weighted by molar-refractivity contribution is 5.79. The number of benzene rings is 1. The first kappa shape index (κ1) is 15.0. The van der Waals surface area contributed by atoms with Crippen LogP contribution < -0.4 is 5.32 Å². The molecule has 2 unspecified atom stereocenters. The Hall–Kier alpha value is -1.39. The number of hydrogen-bond donors (Lipinski definition) is 2. The topological polar surface area (TPSA) is 58.6 Å². The zero-order valence-corrected chi connectivity index (χ0v) is 12.1. The molecule has 20 heavy (non-hydrogen) atoms. The van der Waals surface area contributed by atoms with Crippen LogP contribution in [0, 0.1) is 5.92 Å². The summed E-state index contributed by atoms with van der Waals surface area (Å²) in [5.41, 5.74) is 0.226. The molecule has 2 N–H and O–H groups in total. The normalized spacial score (nSPS) is 26.6. The molecule has 4 heteroatoms. The maximum atomic E-state index is 11.7. The van der Waals surface area contributed by atoms with Gasteiger partial charge in [-0.3, -0.25) is 10.1 Å². The predicted molar refractivity (Wildman–Crippen MR) is 77.5 cm³/mol. The molecular formula is C16H23NO3. The van der Waals surface area contributed by atoms with Gasteiger partial charge in [0.25, 0.3) is 0 Å². The lowest BCUT2D eigenvalue weighted by Crippen LogP contribution is -2.57. The number of ether oxygens (including phenoxy) is 1. The summed E-state index contributed by atoms with van der Waals surface area (Å²) in [4.78, 5) is 11.7. The number of carboxylic acids is 1. The number of carbonyl (C=O) groups is 1. The SMILES string of the molecule is CC(C)C1CC(NCc2ccccc2)(C(=O)O)CCO1. The Morgan fingerprint density at radius 3 is 2.75 bits per heavy atom. The molecule has 1 aromatic rings. The van der Waals surface area contributed by atoms with E-state index in [0.717, 1.165) is 5.56 Å². The second kappa shape index (κ2) is 6.37. The van der Waals surface area contributed by atoms with Gasteiger partial charge in [0.1, 0.15) is 5.54 Å². The van der Waals surface area contributed by atoms with Crippen molar-refractivity contribution in [2.45, 2.75) is 44.9 Å². The van der Waals surface area contributed by atoms with Crippen LogP contribution in [0.1, 0.15) is 32.3 Å². The molecule has 0 aliphatic carbocycles. The predicted octanol–water partition coefficient (Wildman–Crippen LogP) is 2.43. The molecule has 0 aromatic heterocycles. The van der Waals surface area contributed by atoms with E-state index in [2.05, 4.69) is 19.2 Å². The quantitative estimate of drug-likeness (QED) is 0.868. The highest BCUT2D eigenvalue weighted by Crippen LogP contribution is 2.29. The first-order valence-corrected chi connectivity index (χ1v) is 7.17. The molecule has 1 aliphatic heterocycles. The molecule has 0 radical (unpaired) electrons. The second-order valence-electron chi connectivity index (χ2n) is 5.83. The van der Waals surface area contributed by atoms with Gasteiger partial charge < -0.3 is 9.84 Å². The molecule has 1 saturated heterocycles. The third-order valence-corrected chi connectivity index (χ3v) is 4.04. The van der Waals surface area contributed by atoms with Gasteiger partial charge >= 0.3 is 5.97 Å². The molecule has 2 atom stereocenters. The lowest BCUT2D eigenvalue weighted by Gasteiger charge is -2.40. The number of aliphatic carboxylic acids is 1. The number of nitrogens with one attached hydrogen (secondary N) is 1. The number of hydrogen-bond acceptors (Lipinski definition) is 3. The Morgan fingerprint density at radius 2 is 2.15 bits per heavy atom. The van der Waals surface area contributed by atoms with Gasteiger partial charge in [-0.15, -0.1) is 0 Å². The smallest absolute Gasteiger partial charge is 0.324 e. The largest absolute Gasteiger partial charge is 0.480 e. The van der Waals surface area contributed by atoms with Crippen molar-refractivity contribution in [1.82, 2.24) is 5.32 Å². The van der Waals surface area contributed by atoms with Gasteiger partial charge in [-0.1, -0.05) is 44.2 Å². The minimum Gasteiger partial charge on any atom is -0.480 e. The van der Waals surface area contributed by atoms with Crippen molar-refractivity contribution in [1.29, 1.82) is 0 Å². The highest BCUT2D eigenvalue weighted by atomic mass is 16.5. The molecule has 1 heterocycles. The van der Waals surface area contributed by atoms with Crippen molar-refractivity contribution in [3.63, 3.8) is 0 Å². The number of carboxylic acid groups (broad SMARTS) is 1. The molecule has 0 spiro atoms. The zero-order chi connectivity index (χ0) is 14.6. The average Bonchev–Trinajstić information content (AvgIpc) is 2.46. The lowest BCUT2D eigenvalue weighted by atomic mass is 9.83. The Bertz CT molecular complexity index is 446. The first-order chi connectivity index (χ1) is 9.53. The molecule has 4 nitrogen and oxygen atoms in total. The Morgan fingerprint density at radius 1 is 1.45 bits per heavy atom. The van der Waals surface area contributed by atoms with Gasteiger partial charge in [-0.25, -0.2) is 0 Å². The summed E-state index contributed by atoms with van der Waals surface area (Å²) in [6.45, 7) is 5.20. The summed E-state index contributed by atoms with van der Waals surface area (Å²) in [5.74, 6) is -0.449. The minimum atomic E-state index is -0.872. The van der Waals surface area contributed by atoms with Crippen LogP contribution in [0.2, 0.25) is 0 Å². The van der Waals surface area contributed by atoms with Crippen LogP contribution in [0.25, 0.3) is 0 Å². The third-order valence-electron chi connectivity index (χ3n) is 4.04. The lowest BCUT2D eigenvalue weighted by molar-refractivity contribution is -0.153. The average molecular weight is 277 g/mol. The van der Waals surface area contributed by atoms with Gasteiger partial charge in [-0.05, 0) is 17.9 Å². The fourth-order valence-corrected chi connectivity index (χ4v) is 2.61. The minimum absolute atomic E-state index is 0.00289. The molecule has 1 fully saturated rings. The van der Waals surface area contributed by atoms with E-state index in [1.165, 1.54) is 0 Å². The van der Waals surface area contributed by atoms with Crippen LogP contribution in [0.15, 0.2) is 30.3 Å². The van der Waals surface area contributed by atoms with Gasteiger partial charge in [0, 0.05) is 19.6 Å². The molecule has 1 aliphatic rings. The standard InChI is InChI=1S/C16H23NO3/c1-12(2)14-10-16(15(18)19,8-9-20-14)17-11-13-6-4-3-5-7-13/h3-7,12,14,17H,8-11H2,1-2H3,(H,18,19). The van der Waals surface area contributed by atoms with E-state index in [1.54, 1.807) is 0 Å². The maximum Gasteiger partial charge on any atom is 0.324 e. The van der Waals surface area contributed by atoms with Crippen molar-refractivity contribution in [3.8, 4) is 0 Å². The monoisotopic (exact) mass is 277 g/mol. The Labute approximate surface area is 120 Å². The van der Waals surface area contributed by atoms with E-state index in [4.69, 9.17) is 4.74 Å². The van der Waals surface area contributed by atoms with E-state index < -0.39 is 11.5 Å². The molecule has 110 valence electrons. The first-order valence-electron chi connectivity index (χ1n) is 7.17. The van der Waals surface area contributed by atoms with Gasteiger partial charge in [-0.2, -0.15) is 0 Å². The molecule has 1 aromatic carbocycles. The summed E-state index contributed by atoms with van der Waals surface area (Å²) in [6, 6.07) is 9.89. The number of rotatable bonds is 5. The summed E-state index contributed by atoms with van der Waals surface area (Å²) in [5, 5.41) is 12.9.